The number of ketones is 1. The van der Waals surface area contributed by atoms with Gasteiger partial charge in [0, 0.05) is 17.0 Å². The van der Waals surface area contributed by atoms with E-state index in [4.69, 9.17) is 21.1 Å². The predicted molar refractivity (Wildman–Crippen MR) is 120 cm³/mol. The summed E-state index contributed by atoms with van der Waals surface area (Å²) in [6.45, 7) is 4.51. The Morgan fingerprint density at radius 1 is 1.07 bits per heavy atom. The maximum atomic E-state index is 12.9. The molecule has 0 radical (unpaired) electrons. The Kier molecular flexibility index (Phi) is 5.65. The Hall–Kier alpha value is -3.04. The Morgan fingerprint density at radius 3 is 2.53 bits per heavy atom. The second-order valence-electron chi connectivity index (χ2n) is 7.98. The van der Waals surface area contributed by atoms with Crippen molar-refractivity contribution in [2.24, 2.45) is 0 Å². The zero-order chi connectivity index (χ0) is 21.1. The van der Waals surface area contributed by atoms with Crippen molar-refractivity contribution in [3.63, 3.8) is 0 Å². The zero-order valence-electron chi connectivity index (χ0n) is 17.0. The number of hydrogen-bond donors (Lipinski definition) is 0. The van der Waals surface area contributed by atoms with Crippen LogP contribution in [0.2, 0.25) is 5.02 Å². The summed E-state index contributed by atoms with van der Waals surface area (Å²) in [4.78, 5) is 12.9. The van der Waals surface area contributed by atoms with E-state index in [1.807, 2.05) is 62.4 Å². The summed E-state index contributed by atoms with van der Waals surface area (Å²) in [5, 5.41) is 0.665. The van der Waals surface area contributed by atoms with Crippen LogP contribution < -0.4 is 9.47 Å². The van der Waals surface area contributed by atoms with Crippen LogP contribution >= 0.6 is 11.6 Å². The lowest BCUT2D eigenvalue weighted by Crippen LogP contribution is -2.25. The van der Waals surface area contributed by atoms with E-state index in [2.05, 4.69) is 0 Å². The van der Waals surface area contributed by atoms with Gasteiger partial charge in [-0.15, -0.1) is 0 Å². The minimum absolute atomic E-state index is 0.103. The molecule has 0 saturated carbocycles. The second-order valence-corrected chi connectivity index (χ2v) is 8.42. The fourth-order valence-electron chi connectivity index (χ4n) is 3.53. The Labute approximate surface area is 181 Å². The van der Waals surface area contributed by atoms with E-state index < -0.39 is 0 Å². The van der Waals surface area contributed by atoms with Gasteiger partial charge in [-0.05, 0) is 55.3 Å². The average molecular weight is 419 g/mol. The summed E-state index contributed by atoms with van der Waals surface area (Å²) in [5.74, 6) is 1.28. The number of carbonyl (C=O) groups is 1. The van der Waals surface area contributed by atoms with Gasteiger partial charge < -0.3 is 9.47 Å². The number of fused-ring (bicyclic) bond motifs is 1. The van der Waals surface area contributed by atoms with Crippen LogP contribution in [0.1, 0.15) is 40.9 Å². The molecule has 4 rings (SSSR count). The van der Waals surface area contributed by atoms with Crippen LogP contribution in [0, 0.1) is 0 Å². The lowest BCUT2D eigenvalue weighted by molar-refractivity contribution is 0.103. The van der Waals surface area contributed by atoms with E-state index in [-0.39, 0.29) is 11.4 Å². The maximum Gasteiger partial charge on any atom is 0.189 e. The van der Waals surface area contributed by atoms with Crippen LogP contribution in [0.3, 0.4) is 0 Å². The number of ether oxygens (including phenoxy) is 2. The van der Waals surface area contributed by atoms with Crippen LogP contribution in [-0.2, 0) is 13.0 Å². The quantitative estimate of drug-likeness (QED) is 0.337. The number of benzene rings is 3. The van der Waals surface area contributed by atoms with Crippen molar-refractivity contribution in [3.05, 3.63) is 100 Å². The van der Waals surface area contributed by atoms with Gasteiger partial charge in [-0.25, -0.2) is 0 Å². The number of allylic oxidation sites excluding steroid dienone is 1. The summed E-state index contributed by atoms with van der Waals surface area (Å²) in [5.41, 5.74) is 3.11. The lowest BCUT2D eigenvalue weighted by Gasteiger charge is -2.17. The monoisotopic (exact) mass is 418 g/mol. The van der Waals surface area contributed by atoms with E-state index in [0.29, 0.717) is 29.4 Å². The highest BCUT2D eigenvalue weighted by Gasteiger charge is 2.35. The fourth-order valence-corrected chi connectivity index (χ4v) is 3.66. The molecule has 0 saturated heterocycles. The zero-order valence-corrected chi connectivity index (χ0v) is 17.8. The van der Waals surface area contributed by atoms with E-state index in [1.54, 1.807) is 30.4 Å². The van der Waals surface area contributed by atoms with E-state index >= 15 is 0 Å². The van der Waals surface area contributed by atoms with Crippen LogP contribution in [0.25, 0.3) is 6.08 Å². The minimum Gasteiger partial charge on any atom is -0.488 e. The van der Waals surface area contributed by atoms with Crippen molar-refractivity contribution in [1.29, 1.82) is 0 Å². The van der Waals surface area contributed by atoms with Crippen LogP contribution in [0.15, 0.2) is 72.8 Å². The Balaban J connectivity index is 1.59. The van der Waals surface area contributed by atoms with Gasteiger partial charge in [0.25, 0.3) is 0 Å². The van der Waals surface area contributed by atoms with Crippen molar-refractivity contribution >= 4 is 23.5 Å². The van der Waals surface area contributed by atoms with Gasteiger partial charge in [0.2, 0.25) is 0 Å². The SMILES string of the molecule is CC1(C)Cc2c(OCc3ccccc3)ccc(C(=O)/C=C/c3ccc(Cl)cc3)c2O1. The maximum absolute atomic E-state index is 12.9. The van der Waals surface area contributed by atoms with Gasteiger partial charge in [-0.2, -0.15) is 0 Å². The van der Waals surface area contributed by atoms with Gasteiger partial charge in [-0.1, -0.05) is 60.1 Å². The van der Waals surface area contributed by atoms with E-state index in [1.165, 1.54) is 0 Å². The van der Waals surface area contributed by atoms with Crippen molar-refractivity contribution < 1.29 is 14.3 Å². The third-order valence-electron chi connectivity index (χ3n) is 5.00. The molecule has 152 valence electrons. The lowest BCUT2D eigenvalue weighted by atomic mass is 9.98. The van der Waals surface area contributed by atoms with Crippen LogP contribution in [0.5, 0.6) is 11.5 Å². The predicted octanol–water partition coefficient (Wildman–Crippen LogP) is 6.53. The molecule has 4 heteroatoms. The first-order valence-electron chi connectivity index (χ1n) is 9.91. The molecular formula is C26H23ClO3. The average Bonchev–Trinajstić information content (AvgIpc) is 3.07. The third kappa shape index (κ3) is 4.58. The molecule has 1 aliphatic rings. The van der Waals surface area contributed by atoms with Crippen molar-refractivity contribution in [2.45, 2.75) is 32.5 Å². The molecule has 1 aliphatic heterocycles. The summed E-state index contributed by atoms with van der Waals surface area (Å²) >= 11 is 5.92. The van der Waals surface area contributed by atoms with E-state index in [9.17, 15) is 4.79 Å². The normalized spacial score (nSPS) is 14.4. The first-order valence-corrected chi connectivity index (χ1v) is 10.3. The molecule has 0 aromatic heterocycles. The molecule has 1 heterocycles. The minimum atomic E-state index is -0.385. The first-order chi connectivity index (χ1) is 14.4. The van der Waals surface area contributed by atoms with Gasteiger partial charge in [0.05, 0.1) is 5.56 Å². The summed E-state index contributed by atoms with van der Waals surface area (Å²) < 4.78 is 12.2. The summed E-state index contributed by atoms with van der Waals surface area (Å²) in [6, 6.07) is 21.0. The smallest absolute Gasteiger partial charge is 0.189 e. The summed E-state index contributed by atoms with van der Waals surface area (Å²) in [6.07, 6.45) is 4.04. The molecule has 0 aliphatic carbocycles. The second kappa shape index (κ2) is 8.37. The number of rotatable bonds is 6. The first kappa shape index (κ1) is 20.2. The van der Waals surface area contributed by atoms with Crippen LogP contribution in [0.4, 0.5) is 0 Å². The van der Waals surface area contributed by atoms with Gasteiger partial charge in [0.15, 0.2) is 5.78 Å². The molecule has 0 N–H and O–H groups in total. The number of halogens is 1. The van der Waals surface area contributed by atoms with Crippen molar-refractivity contribution in [3.8, 4) is 11.5 Å². The molecular weight excluding hydrogens is 396 g/mol. The van der Waals surface area contributed by atoms with Crippen molar-refractivity contribution in [1.82, 2.24) is 0 Å². The number of carbonyl (C=O) groups excluding carboxylic acids is 1. The molecule has 0 atom stereocenters. The molecule has 3 aromatic rings. The topological polar surface area (TPSA) is 35.5 Å². The number of hydrogen-bond acceptors (Lipinski definition) is 3. The summed E-state index contributed by atoms with van der Waals surface area (Å²) in [7, 11) is 0. The molecule has 0 bridgehead atoms. The van der Waals surface area contributed by atoms with Gasteiger partial charge in [-0.3, -0.25) is 4.79 Å². The highest BCUT2D eigenvalue weighted by atomic mass is 35.5. The van der Waals surface area contributed by atoms with E-state index in [0.717, 1.165) is 22.4 Å². The Bertz CT molecular complexity index is 1080. The largest absolute Gasteiger partial charge is 0.488 e. The van der Waals surface area contributed by atoms with Gasteiger partial charge in [0.1, 0.15) is 23.7 Å². The van der Waals surface area contributed by atoms with Gasteiger partial charge >= 0.3 is 0 Å². The van der Waals surface area contributed by atoms with Crippen molar-refractivity contribution in [2.75, 3.05) is 0 Å². The Morgan fingerprint density at radius 2 is 1.80 bits per heavy atom. The molecule has 0 amide bonds. The standard InChI is InChI=1S/C26H23ClO3/c1-26(2)16-22-24(29-17-19-6-4-3-5-7-19)15-13-21(25(22)30-26)23(28)14-10-18-8-11-20(27)12-9-18/h3-15H,16-17H2,1-2H3/b14-10+. The highest BCUT2D eigenvalue weighted by molar-refractivity contribution is 6.30. The molecule has 3 aromatic carbocycles. The molecule has 30 heavy (non-hydrogen) atoms. The molecule has 0 fully saturated rings. The third-order valence-corrected chi connectivity index (χ3v) is 5.25. The molecule has 0 unspecified atom stereocenters. The molecule has 3 nitrogen and oxygen atoms in total. The van der Waals surface area contributed by atoms with Crippen LogP contribution in [-0.4, -0.2) is 11.4 Å². The highest BCUT2D eigenvalue weighted by Crippen LogP contribution is 2.43. The fraction of sp³-hybridized carbons (Fsp3) is 0.192. The molecule has 0 spiro atoms.